The first-order valence-corrected chi connectivity index (χ1v) is 48.2. The average molecular weight is 1740 g/mol. The SMILES string of the molecule is CC1(C)c2cc(-c3cccc4c3-c3ccccc3C43c4ccccc4C(C)(C)c4ccccc43)ccc2-c2ccc(N(c3ccc(-c4ccccc4)cc3)c3ccc(-c4ccccc4)cc3)cc21.CC1(C)c2cc(-c3cccc4c3-c3ccccc3C43c4ccccc4C(C)(C)c4ccccc43)ccc2-c2ccc(N(c3ccc(-c4ccccc4)cc3)c3ccccc3-c3ccccc3)cc21. The van der Waals surface area contributed by atoms with Gasteiger partial charge in [-0.15, -0.1) is 0 Å². The zero-order valence-electron chi connectivity index (χ0n) is 77.9. The van der Waals surface area contributed by atoms with Crippen molar-refractivity contribution in [1.82, 2.24) is 0 Å². The van der Waals surface area contributed by atoms with E-state index in [1.54, 1.807) is 0 Å². The third-order valence-electron chi connectivity index (χ3n) is 31.5. The maximum Gasteiger partial charge on any atom is 0.0719 e. The normalized spacial score (nSPS) is 14.8. The molecule has 20 aromatic carbocycles. The lowest BCUT2D eigenvalue weighted by molar-refractivity contribution is 0.563. The lowest BCUT2D eigenvalue weighted by Crippen LogP contribution is -2.40. The van der Waals surface area contributed by atoms with Gasteiger partial charge in [0.15, 0.2) is 0 Å². The van der Waals surface area contributed by atoms with Gasteiger partial charge in [-0.05, 0) is 274 Å². The Hall–Kier alpha value is -16.0. The molecule has 0 unspecified atom stereocenters. The molecule has 0 fully saturated rings. The maximum absolute atomic E-state index is 2.51. The van der Waals surface area contributed by atoms with E-state index >= 15 is 0 Å². The molecule has 0 N–H and O–H groups in total. The van der Waals surface area contributed by atoms with Crippen molar-refractivity contribution < 1.29 is 0 Å². The van der Waals surface area contributed by atoms with E-state index in [1.807, 2.05) is 0 Å². The summed E-state index contributed by atoms with van der Waals surface area (Å²) in [5, 5.41) is 0. The second-order valence-corrected chi connectivity index (χ2v) is 40.0. The van der Waals surface area contributed by atoms with E-state index in [1.165, 1.54) is 200 Å². The van der Waals surface area contributed by atoms with Crippen LogP contribution in [0.5, 0.6) is 0 Å². The lowest BCUT2D eigenvalue weighted by Gasteiger charge is -2.46. The van der Waals surface area contributed by atoms with Crippen LogP contribution in [-0.2, 0) is 32.5 Å². The Kier molecular flexibility index (Phi) is 18.9. The van der Waals surface area contributed by atoms with Crippen molar-refractivity contribution in [2.24, 2.45) is 0 Å². The Balaban J connectivity index is 0.000000145. The molecular formula is C134H102N2. The van der Waals surface area contributed by atoms with Crippen LogP contribution in [0.3, 0.4) is 0 Å². The smallest absolute Gasteiger partial charge is 0.0719 e. The molecule has 0 atom stereocenters. The summed E-state index contributed by atoms with van der Waals surface area (Å²) in [6.45, 7) is 19.2. The minimum Gasteiger partial charge on any atom is -0.310 e. The van der Waals surface area contributed by atoms with Gasteiger partial charge in [-0.2, -0.15) is 0 Å². The van der Waals surface area contributed by atoms with Gasteiger partial charge in [-0.25, -0.2) is 0 Å². The quantitative estimate of drug-likeness (QED) is 0.120. The van der Waals surface area contributed by atoms with Crippen LogP contribution < -0.4 is 9.80 Å². The van der Waals surface area contributed by atoms with Crippen molar-refractivity contribution in [1.29, 1.82) is 0 Å². The van der Waals surface area contributed by atoms with E-state index in [-0.39, 0.29) is 21.7 Å². The number of anilines is 6. The Bertz CT molecular complexity index is 7990. The monoisotopic (exact) mass is 1740 g/mol. The zero-order chi connectivity index (χ0) is 91.6. The summed E-state index contributed by atoms with van der Waals surface area (Å²) < 4.78 is 0. The Morgan fingerprint density at radius 2 is 0.368 bits per heavy atom. The van der Waals surface area contributed by atoms with Crippen molar-refractivity contribution in [3.05, 3.63) is 562 Å². The molecule has 0 aliphatic heterocycles. The highest BCUT2D eigenvalue weighted by molar-refractivity contribution is 6.01. The van der Waals surface area contributed by atoms with Crippen molar-refractivity contribution in [2.45, 2.75) is 87.9 Å². The summed E-state index contributed by atoms with van der Waals surface area (Å²) >= 11 is 0. The summed E-state index contributed by atoms with van der Waals surface area (Å²) in [4.78, 5) is 4.86. The lowest BCUT2D eigenvalue weighted by atomic mass is 9.55. The van der Waals surface area contributed by atoms with Gasteiger partial charge in [0.1, 0.15) is 0 Å². The number of para-hydroxylation sites is 1. The molecule has 0 aromatic heterocycles. The number of fused-ring (bicyclic) bond motifs is 24. The topological polar surface area (TPSA) is 6.48 Å². The van der Waals surface area contributed by atoms with Crippen molar-refractivity contribution >= 4 is 34.1 Å². The van der Waals surface area contributed by atoms with E-state index < -0.39 is 10.8 Å². The van der Waals surface area contributed by atoms with Crippen LogP contribution in [0.15, 0.2) is 473 Å². The predicted octanol–water partition coefficient (Wildman–Crippen LogP) is 34.9. The molecule has 2 heteroatoms. The van der Waals surface area contributed by atoms with Gasteiger partial charge >= 0.3 is 0 Å². The standard InChI is InChI=1S/2C67H51N/c1-65(2)56-28-14-16-30-58(56)67(59-31-17-15-29-57(59)65)55-27-13-11-25-54(55)64-51(26-19-32-60(64)67)47-36-40-52-53-41-39-49(43-62(53)66(3,4)61(52)42-47)68(48-37-34-45(35-38-48)44-20-7-5-8-21-44)63-33-18-12-24-50(63)46-22-9-6-10-23-46;1-65(2)57-25-13-15-27-59(57)67(60-28-16-14-26-58(60)65)56-24-12-11-22-55(56)64-52(23-17-29-61(64)67)48-34-40-53-54-41-39-51(43-63(54)66(3,4)62(53)42-48)68(49-35-30-46(31-36-49)44-18-7-5-8-19-44)50-37-32-47(33-38-50)45-20-9-6-10-21-45/h2*5-43H,1-4H3. The van der Waals surface area contributed by atoms with Gasteiger partial charge in [-0.3, -0.25) is 0 Å². The molecule has 648 valence electrons. The highest BCUT2D eigenvalue weighted by Gasteiger charge is 2.56. The zero-order valence-corrected chi connectivity index (χ0v) is 77.9. The van der Waals surface area contributed by atoms with Gasteiger partial charge in [-0.1, -0.05) is 450 Å². The summed E-state index contributed by atoms with van der Waals surface area (Å²) in [6, 6.07) is 177. The van der Waals surface area contributed by atoms with E-state index in [0.717, 1.165) is 34.1 Å². The molecule has 2 nitrogen and oxygen atoms in total. The van der Waals surface area contributed by atoms with Gasteiger partial charge in [0.2, 0.25) is 0 Å². The first-order valence-electron chi connectivity index (χ1n) is 48.2. The number of hydrogen-bond donors (Lipinski definition) is 0. The third-order valence-corrected chi connectivity index (χ3v) is 31.5. The molecule has 6 aliphatic carbocycles. The van der Waals surface area contributed by atoms with Crippen LogP contribution >= 0.6 is 0 Å². The highest BCUT2D eigenvalue weighted by Crippen LogP contribution is 2.67. The molecule has 2 spiro atoms. The van der Waals surface area contributed by atoms with Crippen molar-refractivity contribution in [2.75, 3.05) is 9.80 Å². The fourth-order valence-corrected chi connectivity index (χ4v) is 25.1. The Labute approximate surface area is 799 Å². The minimum atomic E-state index is -0.430. The van der Waals surface area contributed by atoms with Gasteiger partial charge < -0.3 is 9.80 Å². The summed E-state index contributed by atoms with van der Waals surface area (Å²) in [7, 11) is 0. The Morgan fingerprint density at radius 3 is 0.728 bits per heavy atom. The summed E-state index contributed by atoms with van der Waals surface area (Å²) in [6.07, 6.45) is 0. The number of rotatable bonds is 12. The van der Waals surface area contributed by atoms with Crippen LogP contribution in [0.1, 0.15) is 144 Å². The summed E-state index contributed by atoms with van der Waals surface area (Å²) in [5.41, 5.74) is 52.4. The van der Waals surface area contributed by atoms with Crippen molar-refractivity contribution in [3.8, 4) is 111 Å². The van der Waals surface area contributed by atoms with E-state index in [4.69, 9.17) is 0 Å². The van der Waals surface area contributed by atoms with Crippen LogP contribution in [0.2, 0.25) is 0 Å². The Morgan fingerprint density at radius 1 is 0.132 bits per heavy atom. The molecule has 0 saturated heterocycles. The third kappa shape index (κ3) is 12.3. The molecular weight excluding hydrogens is 1640 g/mol. The highest BCUT2D eigenvalue weighted by atomic mass is 15.1. The molecule has 0 saturated carbocycles. The van der Waals surface area contributed by atoms with E-state index in [0.29, 0.717) is 0 Å². The van der Waals surface area contributed by atoms with Gasteiger partial charge in [0, 0.05) is 55.7 Å². The van der Waals surface area contributed by atoms with Gasteiger partial charge in [0.25, 0.3) is 0 Å². The molecule has 0 radical (unpaired) electrons. The molecule has 0 amide bonds. The molecule has 26 rings (SSSR count). The molecule has 6 aliphatic rings. The van der Waals surface area contributed by atoms with E-state index in [9.17, 15) is 0 Å². The fourth-order valence-electron chi connectivity index (χ4n) is 25.1. The molecule has 0 bridgehead atoms. The second-order valence-electron chi connectivity index (χ2n) is 40.0. The minimum absolute atomic E-state index is 0.134. The first-order chi connectivity index (χ1) is 66.5. The largest absolute Gasteiger partial charge is 0.310 e. The fraction of sp³-hybridized carbons (Fsp3) is 0.104. The molecule has 0 heterocycles. The average Bonchev–Trinajstić information content (AvgIpc) is 1.48. The van der Waals surface area contributed by atoms with Crippen LogP contribution in [-0.4, -0.2) is 0 Å². The maximum atomic E-state index is 2.51. The predicted molar refractivity (Wildman–Crippen MR) is 569 cm³/mol. The second kappa shape index (κ2) is 31.3. The number of hydrogen-bond acceptors (Lipinski definition) is 2. The van der Waals surface area contributed by atoms with Crippen LogP contribution in [0.25, 0.3) is 111 Å². The number of nitrogens with zero attached hydrogens (tertiary/aromatic N) is 2. The van der Waals surface area contributed by atoms with Crippen LogP contribution in [0.4, 0.5) is 34.1 Å². The molecule has 20 aromatic rings. The van der Waals surface area contributed by atoms with Crippen LogP contribution in [0, 0.1) is 0 Å². The summed E-state index contributed by atoms with van der Waals surface area (Å²) in [5.74, 6) is 0. The number of benzene rings is 20. The van der Waals surface area contributed by atoms with Gasteiger partial charge in [0.05, 0.1) is 16.5 Å². The van der Waals surface area contributed by atoms with E-state index in [2.05, 4.69) is 538 Å². The first kappa shape index (κ1) is 82.0. The molecule has 136 heavy (non-hydrogen) atoms. The van der Waals surface area contributed by atoms with Crippen molar-refractivity contribution in [3.63, 3.8) is 0 Å².